The minimum Gasteiger partial charge on any atom is -0.364 e. The lowest BCUT2D eigenvalue weighted by Gasteiger charge is -2.29. The fraction of sp³-hybridized carbons (Fsp3) is 0.250. The number of fused-ring (bicyclic) bond motifs is 1. The second-order valence-electron chi connectivity index (χ2n) is 7.44. The van der Waals surface area contributed by atoms with Crippen LogP contribution in [0.2, 0.25) is 0 Å². The zero-order chi connectivity index (χ0) is 19.5. The second-order valence-corrected chi connectivity index (χ2v) is 7.44. The molecule has 28 heavy (non-hydrogen) atoms. The van der Waals surface area contributed by atoms with E-state index < -0.39 is 0 Å². The highest BCUT2D eigenvalue weighted by atomic mass is 16.2. The molecule has 0 fully saturated rings. The molecule has 4 nitrogen and oxygen atoms in total. The van der Waals surface area contributed by atoms with E-state index in [-0.39, 0.29) is 5.91 Å². The van der Waals surface area contributed by atoms with Crippen molar-refractivity contribution >= 4 is 17.3 Å². The van der Waals surface area contributed by atoms with Crippen LogP contribution < -0.4 is 9.80 Å². The summed E-state index contributed by atoms with van der Waals surface area (Å²) < 4.78 is 0. The maximum Gasteiger partial charge on any atom is 0.276 e. The van der Waals surface area contributed by atoms with Gasteiger partial charge in [-0.2, -0.15) is 0 Å². The molecular weight excluding hydrogens is 346 g/mol. The number of carbonyl (C=O) groups excluding carboxylic acids is 1. The van der Waals surface area contributed by atoms with Gasteiger partial charge in [0, 0.05) is 24.8 Å². The first-order chi connectivity index (χ1) is 13.6. The molecule has 2 heterocycles. The predicted molar refractivity (Wildman–Crippen MR) is 114 cm³/mol. The van der Waals surface area contributed by atoms with Gasteiger partial charge in [-0.05, 0) is 49.6 Å². The molecule has 2 aromatic carbocycles. The van der Waals surface area contributed by atoms with Gasteiger partial charge in [-0.3, -0.25) is 4.79 Å². The van der Waals surface area contributed by atoms with Crippen LogP contribution in [0.5, 0.6) is 0 Å². The molecule has 1 amide bonds. The molecule has 0 saturated carbocycles. The Hall–Kier alpha value is -3.14. The molecule has 1 aromatic heterocycles. The number of anilines is 2. The largest absolute Gasteiger partial charge is 0.364 e. The maximum absolute atomic E-state index is 13.0. The van der Waals surface area contributed by atoms with Crippen LogP contribution in [0.25, 0.3) is 0 Å². The molecule has 4 rings (SSSR count). The molecule has 3 aromatic rings. The summed E-state index contributed by atoms with van der Waals surface area (Å²) in [7, 11) is 0. The molecule has 0 saturated heterocycles. The summed E-state index contributed by atoms with van der Waals surface area (Å²) in [6, 6.07) is 22.7. The van der Waals surface area contributed by atoms with E-state index in [0.717, 1.165) is 24.3 Å². The lowest BCUT2D eigenvalue weighted by molar-refractivity contribution is 0.0984. The number of amides is 1. The fourth-order valence-electron chi connectivity index (χ4n) is 3.72. The summed E-state index contributed by atoms with van der Waals surface area (Å²) in [5, 5.41) is 0. The Kier molecular flexibility index (Phi) is 5.11. The van der Waals surface area contributed by atoms with Crippen molar-refractivity contribution in [2.45, 2.75) is 32.9 Å². The summed E-state index contributed by atoms with van der Waals surface area (Å²) in [5.41, 5.74) is 5.00. The standard InChI is InChI=1S/C24H25N3O/c1-18(2)27(17-19-8-4-3-5-9-19)21-12-13-22(25-16-21)24(28)26-15-14-20-10-6-7-11-23(20)26/h3-13,16,18H,14-15,17H2,1-2H3. The minimum atomic E-state index is -0.0318. The molecule has 0 spiro atoms. The number of hydrogen-bond donors (Lipinski definition) is 0. The van der Waals surface area contributed by atoms with Crippen molar-refractivity contribution in [3.05, 3.63) is 89.7 Å². The van der Waals surface area contributed by atoms with Crippen LogP contribution in [0.4, 0.5) is 11.4 Å². The summed E-state index contributed by atoms with van der Waals surface area (Å²) in [6.45, 7) is 5.87. The third-order valence-corrected chi connectivity index (χ3v) is 5.25. The van der Waals surface area contributed by atoms with E-state index in [0.29, 0.717) is 18.3 Å². The van der Waals surface area contributed by atoms with Crippen molar-refractivity contribution in [2.24, 2.45) is 0 Å². The van der Waals surface area contributed by atoms with Gasteiger partial charge in [0.05, 0.1) is 11.9 Å². The van der Waals surface area contributed by atoms with Gasteiger partial charge in [-0.25, -0.2) is 4.98 Å². The molecule has 0 unspecified atom stereocenters. The maximum atomic E-state index is 13.0. The highest BCUT2D eigenvalue weighted by molar-refractivity contribution is 6.06. The van der Waals surface area contributed by atoms with Crippen LogP contribution in [0.15, 0.2) is 72.9 Å². The molecule has 0 bridgehead atoms. The zero-order valence-electron chi connectivity index (χ0n) is 16.4. The molecule has 0 aliphatic carbocycles. The van der Waals surface area contributed by atoms with Gasteiger partial charge in [-0.1, -0.05) is 48.5 Å². The summed E-state index contributed by atoms with van der Waals surface area (Å²) in [4.78, 5) is 21.6. The third kappa shape index (κ3) is 3.63. The van der Waals surface area contributed by atoms with E-state index >= 15 is 0 Å². The normalized spacial score (nSPS) is 12.9. The Balaban J connectivity index is 1.54. The average Bonchev–Trinajstić information content (AvgIpc) is 3.16. The first-order valence-electron chi connectivity index (χ1n) is 9.80. The van der Waals surface area contributed by atoms with Gasteiger partial charge in [-0.15, -0.1) is 0 Å². The second kappa shape index (κ2) is 7.85. The monoisotopic (exact) mass is 371 g/mol. The molecule has 1 aliphatic rings. The number of para-hydroxylation sites is 1. The van der Waals surface area contributed by atoms with Gasteiger partial charge in [0.25, 0.3) is 5.91 Å². The average molecular weight is 371 g/mol. The van der Waals surface area contributed by atoms with E-state index in [1.807, 2.05) is 47.5 Å². The molecule has 142 valence electrons. The molecule has 4 heteroatoms. The van der Waals surface area contributed by atoms with Crippen LogP contribution in [0, 0.1) is 0 Å². The molecule has 0 atom stereocenters. The Morgan fingerprint density at radius 1 is 1.04 bits per heavy atom. The Morgan fingerprint density at radius 2 is 1.79 bits per heavy atom. The smallest absolute Gasteiger partial charge is 0.276 e. The Bertz CT molecular complexity index is 951. The summed E-state index contributed by atoms with van der Waals surface area (Å²) >= 11 is 0. The van der Waals surface area contributed by atoms with Gasteiger partial charge in [0.2, 0.25) is 0 Å². The first-order valence-corrected chi connectivity index (χ1v) is 9.80. The molecule has 0 N–H and O–H groups in total. The quantitative estimate of drug-likeness (QED) is 0.652. The van der Waals surface area contributed by atoms with Crippen LogP contribution in [-0.2, 0) is 13.0 Å². The van der Waals surface area contributed by atoms with E-state index in [1.54, 1.807) is 0 Å². The van der Waals surface area contributed by atoms with Gasteiger partial charge >= 0.3 is 0 Å². The van der Waals surface area contributed by atoms with Crippen LogP contribution in [-0.4, -0.2) is 23.5 Å². The number of hydrogen-bond acceptors (Lipinski definition) is 3. The van der Waals surface area contributed by atoms with Crippen LogP contribution in [0.3, 0.4) is 0 Å². The van der Waals surface area contributed by atoms with Gasteiger partial charge < -0.3 is 9.80 Å². The van der Waals surface area contributed by atoms with E-state index in [2.05, 4.69) is 54.1 Å². The number of rotatable bonds is 5. The highest BCUT2D eigenvalue weighted by Gasteiger charge is 2.26. The Morgan fingerprint density at radius 3 is 2.50 bits per heavy atom. The third-order valence-electron chi connectivity index (χ3n) is 5.25. The number of aromatic nitrogens is 1. The first kappa shape index (κ1) is 18.2. The van der Waals surface area contributed by atoms with Crippen molar-refractivity contribution in [3.63, 3.8) is 0 Å². The van der Waals surface area contributed by atoms with E-state index in [1.165, 1.54) is 11.1 Å². The summed E-state index contributed by atoms with van der Waals surface area (Å²) in [5.74, 6) is -0.0318. The SMILES string of the molecule is CC(C)N(Cc1ccccc1)c1ccc(C(=O)N2CCc3ccccc32)nc1. The van der Waals surface area contributed by atoms with Gasteiger partial charge in [0.15, 0.2) is 0 Å². The topological polar surface area (TPSA) is 36.4 Å². The van der Waals surface area contributed by atoms with Crippen molar-refractivity contribution in [1.82, 2.24) is 4.98 Å². The number of pyridine rings is 1. The molecular formula is C24H25N3O. The van der Waals surface area contributed by atoms with E-state index in [4.69, 9.17) is 0 Å². The minimum absolute atomic E-state index is 0.0318. The fourth-order valence-corrected chi connectivity index (χ4v) is 3.72. The lowest BCUT2D eigenvalue weighted by atomic mass is 10.1. The molecule has 0 radical (unpaired) electrons. The highest BCUT2D eigenvalue weighted by Crippen LogP contribution is 2.29. The van der Waals surface area contributed by atoms with E-state index in [9.17, 15) is 4.79 Å². The number of carbonyl (C=O) groups is 1. The summed E-state index contributed by atoms with van der Waals surface area (Å²) in [6.07, 6.45) is 2.72. The number of benzene rings is 2. The van der Waals surface area contributed by atoms with Crippen molar-refractivity contribution in [3.8, 4) is 0 Å². The van der Waals surface area contributed by atoms with Crippen molar-refractivity contribution < 1.29 is 4.79 Å². The van der Waals surface area contributed by atoms with Crippen molar-refractivity contribution in [2.75, 3.05) is 16.3 Å². The lowest BCUT2D eigenvalue weighted by Crippen LogP contribution is -2.31. The number of nitrogens with zero attached hydrogens (tertiary/aromatic N) is 3. The molecule has 1 aliphatic heterocycles. The van der Waals surface area contributed by atoms with Crippen LogP contribution in [0.1, 0.15) is 35.5 Å². The van der Waals surface area contributed by atoms with Gasteiger partial charge in [0.1, 0.15) is 5.69 Å². The predicted octanol–water partition coefficient (Wildman–Crippen LogP) is 4.70. The Labute approximate surface area is 166 Å². The van der Waals surface area contributed by atoms with Crippen LogP contribution >= 0.6 is 0 Å². The van der Waals surface area contributed by atoms with Crippen molar-refractivity contribution in [1.29, 1.82) is 0 Å². The zero-order valence-corrected chi connectivity index (χ0v) is 16.4.